The van der Waals surface area contributed by atoms with E-state index in [4.69, 9.17) is 17.5 Å². The summed E-state index contributed by atoms with van der Waals surface area (Å²) in [5.41, 5.74) is 0.425. The van der Waals surface area contributed by atoms with Crippen LogP contribution in [0.15, 0.2) is 18.2 Å². The van der Waals surface area contributed by atoms with Gasteiger partial charge in [0.2, 0.25) is 0 Å². The number of hydrogen-bond donors (Lipinski definition) is 1. The van der Waals surface area contributed by atoms with Crippen LogP contribution in [0.5, 0.6) is 0 Å². The highest BCUT2D eigenvalue weighted by atomic mass is 35.5. The van der Waals surface area contributed by atoms with Crippen LogP contribution in [-0.2, 0) is 10.3 Å². The van der Waals surface area contributed by atoms with Gasteiger partial charge in [-0.2, -0.15) is 0 Å². The van der Waals surface area contributed by atoms with Crippen LogP contribution in [0.1, 0.15) is 19.4 Å². The molecule has 0 fully saturated rings. The van der Waals surface area contributed by atoms with Crippen molar-refractivity contribution in [3.8, 4) is 0 Å². The third kappa shape index (κ3) is 2.67. The molecular formula is C10H13ClFNO. The highest BCUT2D eigenvalue weighted by Gasteiger charge is 2.21. The lowest BCUT2D eigenvalue weighted by molar-refractivity contribution is 0.0963. The average Bonchev–Trinajstić information content (AvgIpc) is 2.02. The van der Waals surface area contributed by atoms with Gasteiger partial charge in [-0.3, -0.25) is 0 Å². The lowest BCUT2D eigenvalue weighted by atomic mass is 9.85. The van der Waals surface area contributed by atoms with Crippen LogP contribution in [0.2, 0.25) is 5.02 Å². The second-order valence-electron chi connectivity index (χ2n) is 3.85. The van der Waals surface area contributed by atoms with E-state index in [0.29, 0.717) is 11.6 Å². The molecular weight excluding hydrogens is 205 g/mol. The van der Waals surface area contributed by atoms with Crippen LogP contribution in [0.4, 0.5) is 4.39 Å². The predicted octanol–water partition coefficient (Wildman–Crippen LogP) is 2.65. The Morgan fingerprint density at radius 3 is 2.57 bits per heavy atom. The van der Waals surface area contributed by atoms with Crippen molar-refractivity contribution in [1.82, 2.24) is 0 Å². The van der Waals surface area contributed by atoms with Crippen molar-refractivity contribution < 1.29 is 9.23 Å². The van der Waals surface area contributed by atoms with Gasteiger partial charge >= 0.3 is 0 Å². The molecule has 0 saturated heterocycles. The molecule has 0 saturated carbocycles. The molecule has 0 aromatic heterocycles. The molecule has 0 aliphatic carbocycles. The first kappa shape index (κ1) is 11.4. The van der Waals surface area contributed by atoms with Crippen molar-refractivity contribution in [1.29, 1.82) is 0 Å². The van der Waals surface area contributed by atoms with Gasteiger partial charge in [0, 0.05) is 10.4 Å². The molecule has 4 heteroatoms. The molecule has 0 radical (unpaired) electrons. The average molecular weight is 218 g/mol. The SMILES string of the molecule is CC(C)(CON)c1cc(F)cc(Cl)c1. The zero-order valence-electron chi connectivity index (χ0n) is 8.18. The van der Waals surface area contributed by atoms with E-state index in [0.717, 1.165) is 5.56 Å². The Labute approximate surface area is 87.8 Å². The van der Waals surface area contributed by atoms with Crippen LogP contribution in [0.25, 0.3) is 0 Å². The Morgan fingerprint density at radius 2 is 2.07 bits per heavy atom. The number of nitrogens with two attached hydrogens (primary N) is 1. The minimum absolute atomic E-state index is 0.312. The third-order valence-electron chi connectivity index (χ3n) is 2.09. The molecule has 78 valence electrons. The third-order valence-corrected chi connectivity index (χ3v) is 2.31. The van der Waals surface area contributed by atoms with Crippen LogP contribution >= 0.6 is 11.6 Å². The predicted molar refractivity (Wildman–Crippen MR) is 54.6 cm³/mol. The van der Waals surface area contributed by atoms with Gasteiger partial charge < -0.3 is 4.84 Å². The van der Waals surface area contributed by atoms with Gasteiger partial charge in [0.05, 0.1) is 6.61 Å². The van der Waals surface area contributed by atoms with Crippen LogP contribution in [0.3, 0.4) is 0 Å². The van der Waals surface area contributed by atoms with E-state index in [1.54, 1.807) is 6.07 Å². The maximum Gasteiger partial charge on any atom is 0.124 e. The topological polar surface area (TPSA) is 35.2 Å². The highest BCUT2D eigenvalue weighted by Crippen LogP contribution is 2.26. The molecule has 0 aliphatic heterocycles. The van der Waals surface area contributed by atoms with Gasteiger partial charge in [0.1, 0.15) is 5.82 Å². The second kappa shape index (κ2) is 4.26. The van der Waals surface area contributed by atoms with E-state index >= 15 is 0 Å². The first-order valence-electron chi connectivity index (χ1n) is 4.24. The zero-order valence-corrected chi connectivity index (χ0v) is 8.94. The molecule has 2 N–H and O–H groups in total. The summed E-state index contributed by atoms with van der Waals surface area (Å²) in [5, 5.41) is 0.380. The summed E-state index contributed by atoms with van der Waals surface area (Å²) in [4.78, 5) is 4.58. The quantitative estimate of drug-likeness (QED) is 0.790. The van der Waals surface area contributed by atoms with Gasteiger partial charge in [-0.05, 0) is 23.8 Å². The van der Waals surface area contributed by atoms with Crippen LogP contribution < -0.4 is 5.90 Å². The maximum absolute atomic E-state index is 13.0. The molecule has 14 heavy (non-hydrogen) atoms. The summed E-state index contributed by atoms with van der Waals surface area (Å²) in [6.45, 7) is 4.13. The summed E-state index contributed by atoms with van der Waals surface area (Å²) in [7, 11) is 0. The molecule has 0 bridgehead atoms. The molecule has 0 heterocycles. The standard InChI is InChI=1S/C10H13ClFNO/c1-10(2,6-14-13)7-3-8(11)5-9(12)4-7/h3-5H,6,13H2,1-2H3. The molecule has 0 atom stereocenters. The molecule has 1 rings (SSSR count). The Kier molecular flexibility index (Phi) is 3.48. The summed E-state index contributed by atoms with van der Waals surface area (Å²) >= 11 is 5.74. The first-order chi connectivity index (χ1) is 6.45. The lowest BCUT2D eigenvalue weighted by Gasteiger charge is -2.23. The first-order valence-corrected chi connectivity index (χ1v) is 4.62. The molecule has 0 amide bonds. The number of halogens is 2. The van der Waals surface area contributed by atoms with Gasteiger partial charge in [-0.25, -0.2) is 10.3 Å². The van der Waals surface area contributed by atoms with E-state index in [2.05, 4.69) is 4.84 Å². The minimum atomic E-state index is -0.349. The maximum atomic E-state index is 13.0. The monoisotopic (exact) mass is 217 g/mol. The van der Waals surface area contributed by atoms with E-state index in [9.17, 15) is 4.39 Å². The number of rotatable bonds is 3. The van der Waals surface area contributed by atoms with Crippen molar-refractivity contribution in [3.63, 3.8) is 0 Å². The van der Waals surface area contributed by atoms with E-state index in [1.807, 2.05) is 13.8 Å². The van der Waals surface area contributed by atoms with E-state index in [1.165, 1.54) is 12.1 Å². The summed E-state index contributed by atoms with van der Waals surface area (Å²) in [6, 6.07) is 4.42. The fourth-order valence-electron chi connectivity index (χ4n) is 1.24. The second-order valence-corrected chi connectivity index (χ2v) is 4.29. The largest absolute Gasteiger partial charge is 0.304 e. The van der Waals surface area contributed by atoms with Crippen LogP contribution in [0, 0.1) is 5.82 Å². The van der Waals surface area contributed by atoms with Gasteiger partial charge in [-0.15, -0.1) is 0 Å². The lowest BCUT2D eigenvalue weighted by Crippen LogP contribution is -2.26. The molecule has 1 aromatic rings. The van der Waals surface area contributed by atoms with Crippen molar-refractivity contribution in [3.05, 3.63) is 34.6 Å². The summed E-state index contributed by atoms with van der Waals surface area (Å²) < 4.78 is 13.0. The number of benzene rings is 1. The van der Waals surface area contributed by atoms with Crippen molar-refractivity contribution in [2.24, 2.45) is 5.90 Å². The van der Waals surface area contributed by atoms with Gasteiger partial charge in [0.25, 0.3) is 0 Å². The Hall–Kier alpha value is -0.640. The fraction of sp³-hybridized carbons (Fsp3) is 0.400. The Morgan fingerprint density at radius 1 is 1.43 bits per heavy atom. The van der Waals surface area contributed by atoms with Crippen molar-refractivity contribution in [2.75, 3.05) is 6.61 Å². The Bertz CT molecular complexity index is 308. The molecule has 2 nitrogen and oxygen atoms in total. The fourth-order valence-corrected chi connectivity index (χ4v) is 1.46. The normalized spacial score (nSPS) is 11.8. The number of hydrogen-bond acceptors (Lipinski definition) is 2. The molecule has 1 aromatic carbocycles. The van der Waals surface area contributed by atoms with Crippen LogP contribution in [-0.4, -0.2) is 6.61 Å². The van der Waals surface area contributed by atoms with Crippen molar-refractivity contribution in [2.45, 2.75) is 19.3 Å². The molecule has 0 spiro atoms. The van der Waals surface area contributed by atoms with Gasteiger partial charge in [0.15, 0.2) is 0 Å². The molecule has 0 aliphatic rings. The molecule has 0 unspecified atom stereocenters. The smallest absolute Gasteiger partial charge is 0.124 e. The highest BCUT2D eigenvalue weighted by molar-refractivity contribution is 6.30. The van der Waals surface area contributed by atoms with Crippen molar-refractivity contribution >= 4 is 11.6 Å². The summed E-state index contributed by atoms with van der Waals surface area (Å²) in [6.07, 6.45) is 0. The minimum Gasteiger partial charge on any atom is -0.304 e. The van der Waals surface area contributed by atoms with E-state index in [-0.39, 0.29) is 11.2 Å². The summed E-state index contributed by atoms with van der Waals surface area (Å²) in [5.74, 6) is 4.65. The van der Waals surface area contributed by atoms with E-state index < -0.39 is 0 Å². The Balaban J connectivity index is 3.05. The van der Waals surface area contributed by atoms with Gasteiger partial charge in [-0.1, -0.05) is 25.4 Å². The zero-order chi connectivity index (χ0) is 10.8.